The van der Waals surface area contributed by atoms with Gasteiger partial charge in [-0.15, -0.1) is 0 Å². The molecule has 0 bridgehead atoms. The number of imidazole rings is 1. The normalized spacial score (nSPS) is 25.7. The summed E-state index contributed by atoms with van der Waals surface area (Å²) in [4.78, 5) is 6.84. The summed E-state index contributed by atoms with van der Waals surface area (Å²) in [6.45, 7) is 4.18. The molecule has 2 atom stereocenters. The van der Waals surface area contributed by atoms with Gasteiger partial charge < -0.3 is 10.1 Å². The number of aromatic amines is 1. The highest BCUT2D eigenvalue weighted by molar-refractivity contribution is 7.89. The number of hydrogen-bond acceptors (Lipinski definition) is 4. The van der Waals surface area contributed by atoms with Crippen LogP contribution in [0.15, 0.2) is 11.2 Å². The van der Waals surface area contributed by atoms with Gasteiger partial charge in [0, 0.05) is 13.0 Å². The molecule has 7 heteroatoms. The summed E-state index contributed by atoms with van der Waals surface area (Å²) in [6.07, 6.45) is 2.79. The summed E-state index contributed by atoms with van der Waals surface area (Å²) in [7, 11) is -3.57. The van der Waals surface area contributed by atoms with Crippen molar-refractivity contribution < 1.29 is 13.5 Å². The molecule has 1 fully saturated rings. The fourth-order valence-corrected chi connectivity index (χ4v) is 3.98. The van der Waals surface area contributed by atoms with Gasteiger partial charge in [0.1, 0.15) is 5.82 Å². The summed E-state index contributed by atoms with van der Waals surface area (Å²) in [5, 5.41) is 9.45. The molecule has 1 aliphatic heterocycles. The number of rotatable bonds is 4. The molecule has 0 saturated carbocycles. The number of aliphatic hydroxyl groups is 1. The summed E-state index contributed by atoms with van der Waals surface area (Å²) in [5.74, 6) is 0.833. The fourth-order valence-electron chi connectivity index (χ4n) is 2.32. The first-order valence-corrected chi connectivity index (χ1v) is 7.61. The van der Waals surface area contributed by atoms with Crippen molar-refractivity contribution in [1.82, 2.24) is 14.3 Å². The van der Waals surface area contributed by atoms with Crippen LogP contribution in [0.5, 0.6) is 0 Å². The maximum absolute atomic E-state index is 12.4. The van der Waals surface area contributed by atoms with Gasteiger partial charge in [-0.05, 0) is 12.3 Å². The van der Waals surface area contributed by atoms with E-state index in [2.05, 4.69) is 9.97 Å². The highest BCUT2D eigenvalue weighted by Gasteiger charge is 2.39. The van der Waals surface area contributed by atoms with Crippen LogP contribution in [0.3, 0.4) is 0 Å². The number of hydrogen-bond donors (Lipinski definition) is 2. The summed E-state index contributed by atoms with van der Waals surface area (Å²) in [5.41, 5.74) is 0. The van der Waals surface area contributed by atoms with Crippen molar-refractivity contribution in [3.8, 4) is 0 Å². The Hall–Kier alpha value is -0.920. The van der Waals surface area contributed by atoms with Gasteiger partial charge in [-0.1, -0.05) is 13.8 Å². The van der Waals surface area contributed by atoms with Gasteiger partial charge in [-0.25, -0.2) is 13.4 Å². The number of nitrogens with one attached hydrogen (secondary N) is 1. The highest BCUT2D eigenvalue weighted by Crippen LogP contribution is 2.29. The molecule has 1 aromatic heterocycles. The molecule has 1 aliphatic rings. The molecule has 0 radical (unpaired) electrons. The van der Waals surface area contributed by atoms with Crippen molar-refractivity contribution in [3.63, 3.8) is 0 Å². The molecule has 2 N–H and O–H groups in total. The van der Waals surface area contributed by atoms with E-state index in [1.54, 1.807) is 0 Å². The van der Waals surface area contributed by atoms with Crippen LogP contribution < -0.4 is 0 Å². The van der Waals surface area contributed by atoms with E-state index in [0.29, 0.717) is 18.8 Å². The molecule has 2 heterocycles. The van der Waals surface area contributed by atoms with Crippen LogP contribution in [0.2, 0.25) is 0 Å². The smallest absolute Gasteiger partial charge is 0.260 e. The van der Waals surface area contributed by atoms with E-state index >= 15 is 0 Å². The maximum Gasteiger partial charge on any atom is 0.260 e. The van der Waals surface area contributed by atoms with Crippen LogP contribution in [0.4, 0.5) is 0 Å². The second-order valence-electron chi connectivity index (χ2n) is 4.68. The fraction of sp³-hybridized carbons (Fsp3) is 0.727. The van der Waals surface area contributed by atoms with E-state index in [0.717, 1.165) is 6.42 Å². The quantitative estimate of drug-likeness (QED) is 0.829. The van der Waals surface area contributed by atoms with E-state index in [4.69, 9.17) is 0 Å². The van der Waals surface area contributed by atoms with Crippen molar-refractivity contribution in [3.05, 3.63) is 12.0 Å². The van der Waals surface area contributed by atoms with E-state index in [9.17, 15) is 13.5 Å². The van der Waals surface area contributed by atoms with Gasteiger partial charge in [0.15, 0.2) is 5.03 Å². The predicted molar refractivity (Wildman–Crippen MR) is 66.5 cm³/mol. The predicted octanol–water partition coefficient (Wildman–Crippen LogP) is 0.364. The van der Waals surface area contributed by atoms with Gasteiger partial charge in [0.25, 0.3) is 10.0 Å². The minimum atomic E-state index is -3.57. The molecule has 0 aliphatic carbocycles. The molecule has 2 unspecified atom stereocenters. The third-order valence-electron chi connectivity index (χ3n) is 3.55. The maximum atomic E-state index is 12.4. The van der Waals surface area contributed by atoms with Crippen LogP contribution >= 0.6 is 0 Å². The number of aliphatic hydroxyl groups excluding tert-OH is 1. The van der Waals surface area contributed by atoms with Crippen molar-refractivity contribution in [2.45, 2.75) is 37.8 Å². The van der Waals surface area contributed by atoms with E-state index in [-0.39, 0.29) is 23.6 Å². The minimum absolute atomic E-state index is 0.118. The Morgan fingerprint density at radius 3 is 2.89 bits per heavy atom. The van der Waals surface area contributed by atoms with Gasteiger partial charge >= 0.3 is 0 Å². The molecule has 18 heavy (non-hydrogen) atoms. The first-order chi connectivity index (χ1) is 8.50. The molecule has 0 amide bonds. The Bertz CT molecular complexity index is 511. The first-order valence-electron chi connectivity index (χ1n) is 6.17. The minimum Gasteiger partial charge on any atom is -0.395 e. The third-order valence-corrected chi connectivity index (χ3v) is 5.38. The Morgan fingerprint density at radius 2 is 2.33 bits per heavy atom. The van der Waals surface area contributed by atoms with Gasteiger partial charge in [0.2, 0.25) is 0 Å². The zero-order valence-electron chi connectivity index (χ0n) is 10.6. The van der Waals surface area contributed by atoms with Crippen LogP contribution in [0.25, 0.3) is 0 Å². The lowest BCUT2D eigenvalue weighted by atomic mass is 10.0. The molecule has 0 spiro atoms. The topological polar surface area (TPSA) is 86.3 Å². The van der Waals surface area contributed by atoms with E-state index in [1.165, 1.54) is 10.5 Å². The average molecular weight is 273 g/mol. The second-order valence-corrected chi connectivity index (χ2v) is 6.54. The van der Waals surface area contributed by atoms with Crippen molar-refractivity contribution in [2.75, 3.05) is 13.2 Å². The van der Waals surface area contributed by atoms with Crippen molar-refractivity contribution >= 4 is 10.0 Å². The Balaban J connectivity index is 2.31. The van der Waals surface area contributed by atoms with Gasteiger partial charge in [-0.2, -0.15) is 4.31 Å². The monoisotopic (exact) mass is 273 g/mol. The van der Waals surface area contributed by atoms with Crippen LogP contribution in [0, 0.1) is 5.92 Å². The largest absolute Gasteiger partial charge is 0.395 e. The summed E-state index contributed by atoms with van der Waals surface area (Å²) < 4.78 is 26.2. The molecule has 1 aromatic rings. The Kier molecular flexibility index (Phi) is 3.74. The molecule has 2 rings (SSSR count). The number of sulfonamides is 1. The SMILES string of the molecule is CCc1ncc(S(=O)(=O)N2CCC(C)C2CO)[nH]1. The van der Waals surface area contributed by atoms with Crippen LogP contribution in [-0.4, -0.2) is 47.0 Å². The molecule has 1 saturated heterocycles. The van der Waals surface area contributed by atoms with Crippen molar-refractivity contribution in [1.29, 1.82) is 0 Å². The Labute approximate surface area is 107 Å². The molecule has 102 valence electrons. The summed E-state index contributed by atoms with van der Waals surface area (Å²) in [6, 6.07) is -0.330. The number of nitrogens with zero attached hydrogens (tertiary/aromatic N) is 2. The molecular weight excluding hydrogens is 254 g/mol. The summed E-state index contributed by atoms with van der Waals surface area (Å²) >= 11 is 0. The van der Waals surface area contributed by atoms with E-state index in [1.807, 2.05) is 13.8 Å². The number of H-pyrrole nitrogens is 1. The third kappa shape index (κ3) is 2.17. The van der Waals surface area contributed by atoms with Crippen LogP contribution in [0.1, 0.15) is 26.1 Å². The standard InChI is InChI=1S/C11H19N3O3S/c1-3-10-12-6-11(13-10)18(16,17)14-5-4-8(2)9(14)7-15/h6,8-9,15H,3-5,7H2,1-2H3,(H,12,13). The average Bonchev–Trinajstić information content (AvgIpc) is 2.95. The van der Waals surface area contributed by atoms with Crippen LogP contribution in [-0.2, 0) is 16.4 Å². The molecule has 6 nitrogen and oxygen atoms in total. The number of aryl methyl sites for hydroxylation is 1. The number of aromatic nitrogens is 2. The zero-order chi connectivity index (χ0) is 13.3. The second kappa shape index (κ2) is 4.99. The molecular formula is C11H19N3O3S. The lowest BCUT2D eigenvalue weighted by Crippen LogP contribution is -2.39. The first kappa shape index (κ1) is 13.5. The Morgan fingerprint density at radius 1 is 1.61 bits per heavy atom. The van der Waals surface area contributed by atoms with Gasteiger partial charge in [-0.3, -0.25) is 0 Å². The zero-order valence-corrected chi connectivity index (χ0v) is 11.4. The lowest BCUT2D eigenvalue weighted by Gasteiger charge is -2.23. The van der Waals surface area contributed by atoms with E-state index < -0.39 is 10.0 Å². The highest BCUT2D eigenvalue weighted by atomic mass is 32.2. The molecule has 0 aromatic carbocycles. The lowest BCUT2D eigenvalue weighted by molar-refractivity contribution is 0.191. The van der Waals surface area contributed by atoms with Crippen molar-refractivity contribution in [2.24, 2.45) is 5.92 Å². The van der Waals surface area contributed by atoms with Gasteiger partial charge in [0.05, 0.1) is 18.8 Å².